The molecule has 1 saturated heterocycles. The number of hydrogen-bond acceptors (Lipinski definition) is 6. The van der Waals surface area contributed by atoms with Crippen LogP contribution in [0.15, 0.2) is 23.2 Å². The van der Waals surface area contributed by atoms with Crippen molar-refractivity contribution >= 4 is 9.84 Å². The zero-order chi connectivity index (χ0) is 19.3. The third-order valence-corrected chi connectivity index (χ3v) is 6.21. The summed E-state index contributed by atoms with van der Waals surface area (Å²) in [6.45, 7) is 1.23. The molecule has 10 heteroatoms. The van der Waals surface area contributed by atoms with Gasteiger partial charge in [0.25, 0.3) is 0 Å². The number of ether oxygens (including phenoxy) is 1. The van der Waals surface area contributed by atoms with Gasteiger partial charge in [-0.3, -0.25) is 10.00 Å². The first-order valence-corrected chi connectivity index (χ1v) is 10.5. The Morgan fingerprint density at radius 1 is 1.33 bits per heavy atom. The van der Waals surface area contributed by atoms with Gasteiger partial charge in [0.15, 0.2) is 14.9 Å². The SMILES string of the molecule is CS(=O)(=O)c1n[nH]c2c1CN([C@H]1CO[C@H](c3cc(F)ccc3F)[C@@H](N)C1)C2. The normalized spacial score (nSPS) is 26.3. The molecule has 1 aromatic heterocycles. The number of sulfone groups is 1. The number of hydrogen-bond donors (Lipinski definition) is 2. The van der Waals surface area contributed by atoms with Crippen LogP contribution >= 0.6 is 0 Å². The first-order chi connectivity index (χ1) is 12.7. The van der Waals surface area contributed by atoms with Gasteiger partial charge in [0.05, 0.1) is 12.3 Å². The van der Waals surface area contributed by atoms with Crippen LogP contribution in [0.2, 0.25) is 0 Å². The Morgan fingerprint density at radius 2 is 2.11 bits per heavy atom. The molecule has 0 radical (unpaired) electrons. The van der Waals surface area contributed by atoms with Crippen molar-refractivity contribution in [3.05, 3.63) is 46.7 Å². The van der Waals surface area contributed by atoms with Crippen LogP contribution in [0.3, 0.4) is 0 Å². The minimum atomic E-state index is -3.41. The Kier molecular flexibility index (Phi) is 4.53. The number of aromatic nitrogens is 2. The van der Waals surface area contributed by atoms with E-state index in [2.05, 4.69) is 15.1 Å². The van der Waals surface area contributed by atoms with E-state index in [0.717, 1.165) is 30.1 Å². The fraction of sp³-hybridized carbons (Fsp3) is 0.471. The zero-order valence-electron chi connectivity index (χ0n) is 14.7. The van der Waals surface area contributed by atoms with Crippen molar-refractivity contribution < 1.29 is 21.9 Å². The predicted molar refractivity (Wildman–Crippen MR) is 92.4 cm³/mol. The summed E-state index contributed by atoms with van der Waals surface area (Å²) in [7, 11) is -3.41. The van der Waals surface area contributed by atoms with Gasteiger partial charge in [-0.15, -0.1) is 0 Å². The molecule has 1 aromatic carbocycles. The highest BCUT2D eigenvalue weighted by Gasteiger charge is 2.38. The largest absolute Gasteiger partial charge is 0.370 e. The van der Waals surface area contributed by atoms with E-state index in [9.17, 15) is 17.2 Å². The minimum absolute atomic E-state index is 0.0546. The maximum absolute atomic E-state index is 14.0. The topological polar surface area (TPSA) is 101 Å². The molecular weight excluding hydrogens is 378 g/mol. The molecule has 4 rings (SSSR count). The number of benzene rings is 1. The van der Waals surface area contributed by atoms with Gasteiger partial charge in [-0.05, 0) is 24.6 Å². The molecule has 3 heterocycles. The smallest absolute Gasteiger partial charge is 0.194 e. The highest BCUT2D eigenvalue weighted by atomic mass is 32.2. The average molecular weight is 398 g/mol. The molecular formula is C17H20F2N4O3S. The number of rotatable bonds is 3. The molecule has 7 nitrogen and oxygen atoms in total. The molecule has 2 aliphatic heterocycles. The minimum Gasteiger partial charge on any atom is -0.370 e. The van der Waals surface area contributed by atoms with E-state index in [0.29, 0.717) is 31.7 Å². The van der Waals surface area contributed by atoms with E-state index in [1.807, 2.05) is 0 Å². The second kappa shape index (κ2) is 6.62. The summed E-state index contributed by atoms with van der Waals surface area (Å²) in [4.78, 5) is 2.07. The number of H-pyrrole nitrogens is 1. The Balaban J connectivity index is 1.48. The van der Waals surface area contributed by atoms with Crippen molar-refractivity contribution in [1.29, 1.82) is 0 Å². The number of nitrogens with two attached hydrogens (primary N) is 1. The van der Waals surface area contributed by atoms with Crippen LogP contribution in [-0.4, -0.2) is 48.5 Å². The molecule has 0 saturated carbocycles. The molecule has 2 aliphatic rings. The summed E-state index contributed by atoms with van der Waals surface area (Å²) < 4.78 is 57.0. The van der Waals surface area contributed by atoms with Crippen molar-refractivity contribution in [1.82, 2.24) is 15.1 Å². The maximum atomic E-state index is 14.0. The molecule has 0 bridgehead atoms. The summed E-state index contributed by atoms with van der Waals surface area (Å²) >= 11 is 0. The second-order valence-electron chi connectivity index (χ2n) is 7.14. The third kappa shape index (κ3) is 3.38. The lowest BCUT2D eigenvalue weighted by atomic mass is 9.93. The molecule has 1 fully saturated rings. The predicted octanol–water partition coefficient (Wildman–Crippen LogP) is 1.26. The highest BCUT2D eigenvalue weighted by molar-refractivity contribution is 7.90. The number of nitrogens with one attached hydrogen (secondary N) is 1. The lowest BCUT2D eigenvalue weighted by Crippen LogP contribution is -2.47. The van der Waals surface area contributed by atoms with Crippen molar-refractivity contribution in [3.63, 3.8) is 0 Å². The third-order valence-electron chi connectivity index (χ3n) is 5.17. The second-order valence-corrected chi connectivity index (χ2v) is 9.07. The quantitative estimate of drug-likeness (QED) is 0.807. The number of halogens is 2. The van der Waals surface area contributed by atoms with Crippen LogP contribution in [0.5, 0.6) is 0 Å². The molecule has 2 aromatic rings. The van der Waals surface area contributed by atoms with Crippen molar-refractivity contribution in [2.24, 2.45) is 5.73 Å². The Hall–Kier alpha value is -1.88. The first-order valence-electron chi connectivity index (χ1n) is 8.56. The van der Waals surface area contributed by atoms with E-state index in [4.69, 9.17) is 10.5 Å². The van der Waals surface area contributed by atoms with Gasteiger partial charge >= 0.3 is 0 Å². The van der Waals surface area contributed by atoms with E-state index < -0.39 is 33.6 Å². The number of aromatic amines is 1. The van der Waals surface area contributed by atoms with Crippen LogP contribution in [0.25, 0.3) is 0 Å². The first kappa shape index (κ1) is 18.5. The lowest BCUT2D eigenvalue weighted by molar-refractivity contribution is -0.0534. The van der Waals surface area contributed by atoms with Crippen LogP contribution in [-0.2, 0) is 27.7 Å². The van der Waals surface area contributed by atoms with Gasteiger partial charge in [0.2, 0.25) is 0 Å². The molecule has 3 N–H and O–H groups in total. The van der Waals surface area contributed by atoms with Gasteiger partial charge in [-0.2, -0.15) is 5.10 Å². The lowest BCUT2D eigenvalue weighted by Gasteiger charge is -2.38. The fourth-order valence-corrected chi connectivity index (χ4v) is 4.70. The van der Waals surface area contributed by atoms with Crippen molar-refractivity contribution in [2.75, 3.05) is 12.9 Å². The van der Waals surface area contributed by atoms with Crippen LogP contribution in [0, 0.1) is 11.6 Å². The molecule has 0 spiro atoms. The van der Waals surface area contributed by atoms with Gasteiger partial charge in [0.1, 0.15) is 17.7 Å². The van der Waals surface area contributed by atoms with Gasteiger partial charge < -0.3 is 10.5 Å². The number of fused-ring (bicyclic) bond motifs is 1. The summed E-state index contributed by atoms with van der Waals surface area (Å²) in [5.74, 6) is -1.08. The van der Waals surface area contributed by atoms with Crippen LogP contribution < -0.4 is 5.73 Å². The van der Waals surface area contributed by atoms with Crippen molar-refractivity contribution in [2.45, 2.75) is 42.7 Å². The molecule has 0 amide bonds. The van der Waals surface area contributed by atoms with E-state index in [1.165, 1.54) is 0 Å². The Bertz CT molecular complexity index is 979. The zero-order valence-corrected chi connectivity index (χ0v) is 15.5. The van der Waals surface area contributed by atoms with Gasteiger partial charge in [-0.1, -0.05) is 0 Å². The van der Waals surface area contributed by atoms with E-state index in [1.54, 1.807) is 0 Å². The van der Waals surface area contributed by atoms with Crippen molar-refractivity contribution in [3.8, 4) is 0 Å². The summed E-state index contributed by atoms with van der Waals surface area (Å²) in [6, 6.07) is 2.68. The summed E-state index contributed by atoms with van der Waals surface area (Å²) in [5.41, 5.74) is 7.77. The Morgan fingerprint density at radius 3 is 2.81 bits per heavy atom. The summed E-state index contributed by atoms with van der Waals surface area (Å²) in [6.07, 6.45) is 0.932. The van der Waals surface area contributed by atoms with Gasteiger partial charge in [0, 0.05) is 42.6 Å². The standard InChI is InChI=1S/C17H20F2N4O3S/c1-27(24,25)17-12-6-23(7-15(12)21-22-17)10-5-14(20)16(26-8-10)11-4-9(18)2-3-13(11)19/h2-4,10,14,16H,5-8,20H2,1H3,(H,21,22)/t10-,14+,16-/m1/s1. The van der Waals surface area contributed by atoms with Crippen LogP contribution in [0.4, 0.5) is 8.78 Å². The van der Waals surface area contributed by atoms with E-state index >= 15 is 0 Å². The van der Waals surface area contributed by atoms with Gasteiger partial charge in [-0.25, -0.2) is 17.2 Å². The molecule has 27 heavy (non-hydrogen) atoms. The fourth-order valence-electron chi connectivity index (χ4n) is 3.85. The monoisotopic (exact) mass is 398 g/mol. The van der Waals surface area contributed by atoms with E-state index in [-0.39, 0.29) is 16.6 Å². The molecule has 0 unspecified atom stereocenters. The van der Waals surface area contributed by atoms with Crippen LogP contribution in [0.1, 0.15) is 29.3 Å². The maximum Gasteiger partial charge on any atom is 0.194 e. The summed E-state index contributed by atoms with van der Waals surface area (Å²) in [5, 5.41) is 6.76. The number of nitrogens with zero attached hydrogens (tertiary/aromatic N) is 2. The molecule has 146 valence electrons. The Labute approximate surface area is 155 Å². The average Bonchev–Trinajstić information content (AvgIpc) is 3.16. The highest BCUT2D eigenvalue weighted by Crippen LogP contribution is 2.35. The molecule has 0 aliphatic carbocycles. The molecule has 3 atom stereocenters.